The van der Waals surface area contributed by atoms with E-state index in [2.05, 4.69) is 0 Å². The van der Waals surface area contributed by atoms with Crippen LogP contribution in [0.15, 0.2) is 0 Å². The lowest BCUT2D eigenvalue weighted by molar-refractivity contribution is -0.477. The fourth-order valence-corrected chi connectivity index (χ4v) is 4.25. The molecule has 65 heavy (non-hydrogen) atoms. The first-order chi connectivity index (χ1) is 27.1. The monoisotopic (exact) mass is 1100 g/mol. The molecule has 0 N–H and O–H groups in total. The third kappa shape index (κ3) is 7.24. The fraction of sp³-hybridized carbons (Fsp3) is 0.950. The molecule has 0 rings (SSSR count). The lowest BCUT2D eigenvalue weighted by atomic mass is 9.85. The lowest BCUT2D eigenvalue weighted by Crippen LogP contribution is -2.78. The number of alkyl halides is 40. The SMILES string of the molecule is O=C(OS(=O)(=O)C(F)(F)C(F)(F)C(F)(F)C(F)(F)C(F)(F)C(F)(F)C(F)(F)C(F)(F)F)C(F)(F)C(F)(F)C(F)(F)C(F)(F)C(F)(F)C(F)(F)C(F)(F)C(F)(F)C(F)(F)C(F)(F)C(F)(F)F. The summed E-state index contributed by atoms with van der Waals surface area (Å²) in [6.45, 7) is 0. The third-order valence-electron chi connectivity index (χ3n) is 7.35. The summed E-state index contributed by atoms with van der Waals surface area (Å²) >= 11 is 0. The second kappa shape index (κ2) is 14.8. The van der Waals surface area contributed by atoms with E-state index in [9.17, 15) is 189 Å². The average Bonchev–Trinajstić information content (AvgIpc) is 3.05. The minimum absolute atomic E-state index is 1.07. The van der Waals surface area contributed by atoms with Gasteiger partial charge in [-0.3, -0.25) is 0 Å². The van der Waals surface area contributed by atoms with Crippen molar-refractivity contribution in [2.75, 3.05) is 0 Å². The summed E-state index contributed by atoms with van der Waals surface area (Å²) in [5.41, 5.74) is 0. The molecule has 0 aromatic heterocycles. The van der Waals surface area contributed by atoms with Gasteiger partial charge in [0.05, 0.1) is 0 Å². The normalized spacial score (nSPS) is 17.1. The Kier molecular flexibility index (Phi) is 14.0. The van der Waals surface area contributed by atoms with Gasteiger partial charge in [-0.1, -0.05) is 0 Å². The van der Waals surface area contributed by atoms with Crippen LogP contribution in [-0.4, -0.2) is 127 Å². The van der Waals surface area contributed by atoms with Gasteiger partial charge in [-0.2, -0.15) is 184 Å². The third-order valence-corrected chi connectivity index (χ3v) is 8.61. The number of carbonyl (C=O) groups is 1. The summed E-state index contributed by atoms with van der Waals surface area (Å²) in [6.07, 6.45) is -16.9. The van der Waals surface area contributed by atoms with Crippen molar-refractivity contribution in [2.45, 2.75) is 112 Å². The van der Waals surface area contributed by atoms with Gasteiger partial charge in [0, 0.05) is 0 Å². The smallest absolute Gasteiger partial charge is 0.336 e. The van der Waals surface area contributed by atoms with E-state index in [0.717, 1.165) is 4.18 Å². The Balaban J connectivity index is 7.61. The van der Waals surface area contributed by atoms with Crippen LogP contribution in [0.4, 0.5) is 176 Å². The molecule has 0 fully saturated rings. The van der Waals surface area contributed by atoms with Crippen LogP contribution in [0, 0.1) is 0 Å². The largest absolute Gasteiger partial charge is 0.460 e. The molecule has 0 bridgehead atoms. The Morgan fingerprint density at radius 3 is 0.585 bits per heavy atom. The highest BCUT2D eigenvalue weighted by Gasteiger charge is 3.00. The van der Waals surface area contributed by atoms with E-state index in [0.29, 0.717) is 0 Å². The highest BCUT2D eigenvalue weighted by Crippen LogP contribution is 2.68. The minimum Gasteiger partial charge on any atom is -0.336 e. The molecule has 0 unspecified atom stereocenters. The van der Waals surface area contributed by atoms with Crippen molar-refractivity contribution in [3.05, 3.63) is 0 Å². The zero-order valence-electron chi connectivity index (χ0n) is 27.2. The molecule has 45 heteroatoms. The van der Waals surface area contributed by atoms with Crippen molar-refractivity contribution in [2.24, 2.45) is 0 Å². The van der Waals surface area contributed by atoms with Crippen LogP contribution in [0.3, 0.4) is 0 Å². The molecule has 0 saturated heterocycles. The van der Waals surface area contributed by atoms with E-state index < -0.39 is 128 Å². The first kappa shape index (κ1) is 61.6. The lowest BCUT2D eigenvalue weighted by Gasteiger charge is -2.45. The van der Waals surface area contributed by atoms with Gasteiger partial charge in [0.1, 0.15) is 0 Å². The zero-order valence-corrected chi connectivity index (χ0v) is 28.0. The molecule has 0 spiro atoms. The predicted octanol–water partition coefficient (Wildman–Crippen LogP) is 11.7. The Morgan fingerprint density at radius 1 is 0.246 bits per heavy atom. The molecular formula is C20F40O4S. The molecule has 4 nitrogen and oxygen atoms in total. The molecule has 390 valence electrons. The maximum absolute atomic E-state index is 13.9. The van der Waals surface area contributed by atoms with Crippen LogP contribution in [-0.2, 0) is 19.1 Å². The van der Waals surface area contributed by atoms with E-state index in [4.69, 9.17) is 0 Å². The van der Waals surface area contributed by atoms with Crippen LogP contribution in [0.25, 0.3) is 0 Å². The maximum Gasteiger partial charge on any atom is 0.460 e. The van der Waals surface area contributed by atoms with E-state index >= 15 is 0 Å². The van der Waals surface area contributed by atoms with Crippen molar-refractivity contribution in [3.63, 3.8) is 0 Å². The standard InChI is InChI=1S/C20F40O4S/c21-2(22,1(61)64-65(62,63)20(59,60)17(51,52)14(45,46)11(39,40)10(37,38)13(43,44)16(49,50)19(56,57)58)3(23,24)4(25,26)5(27,28)6(29,30)7(31,32)8(33,34)9(35,36)12(41,42)15(47,48)18(53,54)55. The van der Waals surface area contributed by atoms with Crippen LogP contribution < -0.4 is 0 Å². The highest BCUT2D eigenvalue weighted by molar-refractivity contribution is 7.88. The number of carbonyl (C=O) groups excluding carboxylic acids is 1. The van der Waals surface area contributed by atoms with Gasteiger partial charge in [-0.05, 0) is 0 Å². The summed E-state index contributed by atoms with van der Waals surface area (Å²) < 4.78 is 558. The summed E-state index contributed by atoms with van der Waals surface area (Å²) in [7, 11) is -10.1. The molecule has 0 aromatic rings. The van der Waals surface area contributed by atoms with E-state index in [1.54, 1.807) is 0 Å². The minimum atomic E-state index is -10.2. The second-order valence-electron chi connectivity index (χ2n) is 11.5. The van der Waals surface area contributed by atoms with Crippen molar-refractivity contribution >= 4 is 16.1 Å². The highest BCUT2D eigenvalue weighted by atomic mass is 32.2. The summed E-state index contributed by atoms with van der Waals surface area (Å²) in [5.74, 6) is -162. The van der Waals surface area contributed by atoms with Crippen molar-refractivity contribution in [3.8, 4) is 0 Å². The number of rotatable bonds is 18. The van der Waals surface area contributed by atoms with E-state index in [1.807, 2.05) is 0 Å². The molecule has 0 saturated carbocycles. The Morgan fingerprint density at radius 2 is 0.400 bits per heavy atom. The molecular weight excluding hydrogens is 1100 g/mol. The maximum atomic E-state index is 13.9. The van der Waals surface area contributed by atoms with Crippen molar-refractivity contribution < 1.29 is 193 Å². The average molecular weight is 1100 g/mol. The predicted molar refractivity (Wildman–Crippen MR) is 111 cm³/mol. The van der Waals surface area contributed by atoms with Crippen LogP contribution in [0.2, 0.25) is 0 Å². The quantitative estimate of drug-likeness (QED) is 0.101. The fourth-order valence-electron chi connectivity index (χ4n) is 3.39. The molecule has 0 aromatic carbocycles. The number of hydrogen-bond donors (Lipinski definition) is 0. The Hall–Kier alpha value is -3.38. The van der Waals surface area contributed by atoms with Crippen molar-refractivity contribution in [1.29, 1.82) is 0 Å². The summed E-state index contributed by atoms with van der Waals surface area (Å²) in [6, 6.07) is 0. The summed E-state index contributed by atoms with van der Waals surface area (Å²) in [4.78, 5) is 11.1. The van der Waals surface area contributed by atoms with Crippen LogP contribution in [0.5, 0.6) is 0 Å². The van der Waals surface area contributed by atoms with E-state index in [1.165, 1.54) is 0 Å². The first-order valence-corrected chi connectivity index (χ1v) is 14.6. The first-order valence-electron chi connectivity index (χ1n) is 13.2. The Bertz CT molecular complexity index is 1890. The topological polar surface area (TPSA) is 60.4 Å². The van der Waals surface area contributed by atoms with Gasteiger partial charge in [0.2, 0.25) is 0 Å². The molecule has 0 heterocycles. The van der Waals surface area contributed by atoms with Crippen LogP contribution >= 0.6 is 0 Å². The summed E-state index contributed by atoms with van der Waals surface area (Å²) in [5, 5.41) is -9.48. The van der Waals surface area contributed by atoms with Gasteiger partial charge in [-0.15, -0.1) is 0 Å². The number of halogens is 40. The zero-order chi connectivity index (χ0) is 54.3. The van der Waals surface area contributed by atoms with Gasteiger partial charge in [0.15, 0.2) is 0 Å². The van der Waals surface area contributed by atoms with Gasteiger partial charge in [0.25, 0.3) is 0 Å². The molecule has 0 amide bonds. The molecule has 0 atom stereocenters. The molecule has 0 aliphatic carbocycles. The molecule has 0 aliphatic heterocycles. The number of hydrogen-bond acceptors (Lipinski definition) is 4. The van der Waals surface area contributed by atoms with Gasteiger partial charge < -0.3 is 4.18 Å². The van der Waals surface area contributed by atoms with Gasteiger partial charge >= 0.3 is 128 Å². The van der Waals surface area contributed by atoms with E-state index in [-0.39, 0.29) is 0 Å². The van der Waals surface area contributed by atoms with Crippen molar-refractivity contribution in [1.82, 2.24) is 0 Å². The molecule has 0 aliphatic rings. The Labute approximate surface area is 322 Å². The van der Waals surface area contributed by atoms with Crippen LogP contribution in [0.1, 0.15) is 0 Å². The van der Waals surface area contributed by atoms with Gasteiger partial charge in [-0.25, -0.2) is 4.79 Å². The second-order valence-corrected chi connectivity index (χ2v) is 13.1. The molecule has 0 radical (unpaired) electrons.